The molecule has 31 heavy (non-hydrogen) atoms. The SMILES string of the molecule is COc1cc2nc(C(F)(F)F)nc(NCCCN3CCN(CCO)CC3)c2cc1OC. The summed E-state index contributed by atoms with van der Waals surface area (Å²) in [5, 5.41) is 12.5. The molecule has 0 unspecified atom stereocenters. The number of aliphatic hydroxyl groups is 1. The number of benzene rings is 1. The van der Waals surface area contributed by atoms with Crippen LogP contribution in [0.3, 0.4) is 0 Å². The minimum absolute atomic E-state index is 0.117. The highest BCUT2D eigenvalue weighted by Crippen LogP contribution is 2.36. The number of hydrogen-bond acceptors (Lipinski definition) is 8. The van der Waals surface area contributed by atoms with E-state index in [1.807, 2.05) is 0 Å². The quantitative estimate of drug-likeness (QED) is 0.570. The number of ether oxygens (including phenoxy) is 2. The molecule has 0 bridgehead atoms. The van der Waals surface area contributed by atoms with E-state index in [9.17, 15) is 13.2 Å². The summed E-state index contributed by atoms with van der Waals surface area (Å²) in [5.41, 5.74) is 0.127. The lowest BCUT2D eigenvalue weighted by Crippen LogP contribution is -2.47. The number of methoxy groups -OCH3 is 2. The lowest BCUT2D eigenvalue weighted by Gasteiger charge is -2.34. The van der Waals surface area contributed by atoms with E-state index in [2.05, 4.69) is 25.1 Å². The van der Waals surface area contributed by atoms with Crippen LogP contribution in [0.15, 0.2) is 12.1 Å². The molecular formula is C20H28F3N5O3. The van der Waals surface area contributed by atoms with Crippen LogP contribution in [0.2, 0.25) is 0 Å². The largest absolute Gasteiger partial charge is 0.493 e. The van der Waals surface area contributed by atoms with Gasteiger partial charge >= 0.3 is 6.18 Å². The highest BCUT2D eigenvalue weighted by molar-refractivity contribution is 5.91. The molecule has 0 saturated carbocycles. The number of anilines is 1. The maximum Gasteiger partial charge on any atom is 0.451 e. The fraction of sp³-hybridized carbons (Fsp3) is 0.600. The number of β-amino-alcohol motifs (C(OH)–C–C–N with tert-alkyl or cyclic N) is 1. The van der Waals surface area contributed by atoms with Gasteiger partial charge < -0.3 is 24.8 Å². The van der Waals surface area contributed by atoms with Gasteiger partial charge in [-0.1, -0.05) is 0 Å². The van der Waals surface area contributed by atoms with Crippen LogP contribution < -0.4 is 14.8 Å². The summed E-state index contributed by atoms with van der Waals surface area (Å²) in [7, 11) is 2.88. The first-order valence-electron chi connectivity index (χ1n) is 10.2. The number of nitrogens with zero attached hydrogens (tertiary/aromatic N) is 4. The molecule has 0 spiro atoms. The van der Waals surface area contributed by atoms with Crippen LogP contribution in [0.5, 0.6) is 11.5 Å². The Bertz CT molecular complexity index is 873. The average Bonchev–Trinajstić information content (AvgIpc) is 2.76. The number of aromatic nitrogens is 2. The van der Waals surface area contributed by atoms with Gasteiger partial charge in [-0.15, -0.1) is 0 Å². The number of hydrogen-bond donors (Lipinski definition) is 2. The Morgan fingerprint density at radius 1 is 1.00 bits per heavy atom. The third-order valence-corrected chi connectivity index (χ3v) is 5.28. The number of piperazine rings is 1. The van der Waals surface area contributed by atoms with Crippen LogP contribution in [0.4, 0.5) is 19.0 Å². The van der Waals surface area contributed by atoms with Gasteiger partial charge in [0.2, 0.25) is 5.82 Å². The molecule has 2 heterocycles. The molecule has 0 aliphatic carbocycles. The van der Waals surface area contributed by atoms with Gasteiger partial charge in [0.1, 0.15) is 5.82 Å². The fourth-order valence-electron chi connectivity index (χ4n) is 3.60. The predicted octanol–water partition coefficient (Wildman–Crippen LogP) is 2.08. The molecule has 8 nitrogen and oxygen atoms in total. The first kappa shape index (κ1) is 23.3. The predicted molar refractivity (Wildman–Crippen MR) is 111 cm³/mol. The van der Waals surface area contributed by atoms with Crippen molar-refractivity contribution >= 4 is 16.7 Å². The summed E-state index contributed by atoms with van der Waals surface area (Å²) in [4.78, 5) is 11.9. The Morgan fingerprint density at radius 2 is 1.61 bits per heavy atom. The third kappa shape index (κ3) is 5.86. The van der Waals surface area contributed by atoms with E-state index in [4.69, 9.17) is 14.6 Å². The molecule has 11 heteroatoms. The van der Waals surface area contributed by atoms with Crippen molar-refractivity contribution < 1.29 is 27.8 Å². The summed E-state index contributed by atoms with van der Waals surface area (Å²) in [5.74, 6) is -0.393. The van der Waals surface area contributed by atoms with Gasteiger partial charge in [0.25, 0.3) is 0 Å². The Labute approximate surface area is 179 Å². The Balaban J connectivity index is 1.70. The zero-order valence-electron chi connectivity index (χ0n) is 17.7. The van der Waals surface area contributed by atoms with Crippen molar-refractivity contribution in [2.75, 3.05) is 72.0 Å². The van der Waals surface area contributed by atoms with Crippen molar-refractivity contribution in [1.82, 2.24) is 19.8 Å². The van der Waals surface area contributed by atoms with E-state index in [1.54, 1.807) is 6.07 Å². The fourth-order valence-corrected chi connectivity index (χ4v) is 3.60. The minimum Gasteiger partial charge on any atom is -0.493 e. The lowest BCUT2D eigenvalue weighted by molar-refractivity contribution is -0.144. The zero-order valence-corrected chi connectivity index (χ0v) is 17.7. The van der Waals surface area contributed by atoms with Crippen LogP contribution in [-0.4, -0.2) is 91.5 Å². The van der Waals surface area contributed by atoms with Crippen LogP contribution >= 0.6 is 0 Å². The summed E-state index contributed by atoms with van der Waals surface area (Å²) < 4.78 is 50.4. The molecule has 0 amide bonds. The monoisotopic (exact) mass is 443 g/mol. The second-order valence-corrected chi connectivity index (χ2v) is 7.31. The van der Waals surface area contributed by atoms with Crippen molar-refractivity contribution in [2.45, 2.75) is 12.6 Å². The van der Waals surface area contributed by atoms with Crippen molar-refractivity contribution in [1.29, 1.82) is 0 Å². The molecular weight excluding hydrogens is 415 g/mol. The highest BCUT2D eigenvalue weighted by atomic mass is 19.4. The first-order valence-corrected chi connectivity index (χ1v) is 10.2. The minimum atomic E-state index is -4.66. The second-order valence-electron chi connectivity index (χ2n) is 7.31. The molecule has 2 N–H and O–H groups in total. The summed E-state index contributed by atoms with van der Waals surface area (Å²) in [6.07, 6.45) is -3.91. The van der Waals surface area contributed by atoms with Gasteiger partial charge in [0, 0.05) is 50.7 Å². The number of rotatable bonds is 9. The third-order valence-electron chi connectivity index (χ3n) is 5.28. The smallest absolute Gasteiger partial charge is 0.451 e. The molecule has 1 aliphatic rings. The topological polar surface area (TPSA) is 83.0 Å². The Hall–Kier alpha value is -2.37. The zero-order chi connectivity index (χ0) is 22.4. The van der Waals surface area contributed by atoms with Gasteiger partial charge in [-0.25, -0.2) is 9.97 Å². The second kappa shape index (κ2) is 10.3. The molecule has 1 aromatic carbocycles. The normalized spacial score (nSPS) is 15.9. The van der Waals surface area contributed by atoms with E-state index in [0.29, 0.717) is 30.0 Å². The number of fused-ring (bicyclic) bond motifs is 1. The van der Waals surface area contributed by atoms with E-state index in [-0.39, 0.29) is 17.9 Å². The molecule has 1 aromatic heterocycles. The van der Waals surface area contributed by atoms with Crippen molar-refractivity contribution in [3.63, 3.8) is 0 Å². The van der Waals surface area contributed by atoms with Crippen LogP contribution in [0.1, 0.15) is 12.2 Å². The summed E-state index contributed by atoms with van der Waals surface area (Å²) in [6.45, 7) is 5.76. The van der Waals surface area contributed by atoms with E-state index in [1.165, 1.54) is 20.3 Å². The van der Waals surface area contributed by atoms with E-state index < -0.39 is 12.0 Å². The van der Waals surface area contributed by atoms with Gasteiger partial charge in [0.15, 0.2) is 11.5 Å². The standard InChI is InChI=1S/C20H28F3N5O3/c1-30-16-12-14-15(13-17(16)31-2)25-19(20(21,22)23)26-18(14)24-4-3-5-27-6-8-28(9-7-27)10-11-29/h12-13,29H,3-11H2,1-2H3,(H,24,25,26). The van der Waals surface area contributed by atoms with Gasteiger partial charge in [0.05, 0.1) is 26.3 Å². The number of nitrogens with one attached hydrogen (secondary N) is 1. The van der Waals surface area contributed by atoms with E-state index in [0.717, 1.165) is 39.1 Å². The van der Waals surface area contributed by atoms with Crippen LogP contribution in [0, 0.1) is 0 Å². The van der Waals surface area contributed by atoms with Gasteiger partial charge in [-0.05, 0) is 19.0 Å². The summed E-state index contributed by atoms with van der Waals surface area (Å²) >= 11 is 0. The molecule has 1 fully saturated rings. The van der Waals surface area contributed by atoms with Crippen LogP contribution in [0.25, 0.3) is 10.9 Å². The van der Waals surface area contributed by atoms with Gasteiger partial charge in [-0.3, -0.25) is 4.90 Å². The first-order chi connectivity index (χ1) is 14.9. The maximum absolute atomic E-state index is 13.3. The van der Waals surface area contributed by atoms with Crippen molar-refractivity contribution in [2.24, 2.45) is 0 Å². The maximum atomic E-state index is 13.3. The molecule has 1 saturated heterocycles. The van der Waals surface area contributed by atoms with Crippen molar-refractivity contribution in [3.05, 3.63) is 18.0 Å². The van der Waals surface area contributed by atoms with Gasteiger partial charge in [-0.2, -0.15) is 13.2 Å². The number of alkyl halides is 3. The molecule has 3 rings (SSSR count). The lowest BCUT2D eigenvalue weighted by atomic mass is 10.2. The Kier molecular flexibility index (Phi) is 7.74. The Morgan fingerprint density at radius 3 is 2.19 bits per heavy atom. The number of halogens is 3. The molecule has 1 aliphatic heterocycles. The summed E-state index contributed by atoms with van der Waals surface area (Å²) in [6, 6.07) is 3.00. The molecule has 0 radical (unpaired) electrons. The molecule has 2 aromatic rings. The molecule has 172 valence electrons. The van der Waals surface area contributed by atoms with Crippen molar-refractivity contribution in [3.8, 4) is 11.5 Å². The van der Waals surface area contributed by atoms with Crippen LogP contribution in [-0.2, 0) is 6.18 Å². The average molecular weight is 443 g/mol. The van der Waals surface area contributed by atoms with E-state index >= 15 is 0 Å². The molecule has 0 atom stereocenters. The highest BCUT2D eigenvalue weighted by Gasteiger charge is 2.35. The number of aliphatic hydroxyl groups excluding tert-OH is 1.